The first kappa shape index (κ1) is 22.9. The molecule has 0 amide bonds. The summed E-state index contributed by atoms with van der Waals surface area (Å²) in [4.78, 5) is 0. The Morgan fingerprint density at radius 1 is 0.629 bits per heavy atom. The summed E-state index contributed by atoms with van der Waals surface area (Å²) in [7, 11) is 0. The van der Waals surface area contributed by atoms with Crippen LogP contribution in [0.4, 0.5) is 13.2 Å². The van der Waals surface area contributed by atoms with Crippen molar-refractivity contribution in [3.8, 4) is 0 Å². The van der Waals surface area contributed by atoms with Gasteiger partial charge in [0.1, 0.15) is 0 Å². The van der Waals surface area contributed by atoms with E-state index in [1.165, 1.54) is 0 Å². The van der Waals surface area contributed by atoms with Crippen molar-refractivity contribution in [3.63, 3.8) is 0 Å². The standard InChI is InChI=1S/C16H12F3O.2C7H7.Sb/c17-16(18,19)15(20,11-13-7-3-1-4-8-13)12-14-9-5-2-6-10-14;2*1-7-5-3-2-4-6-7;/h1-7,9H,11-12H2;2*3-6H,1H3;/q-1;;;+1. The van der Waals surface area contributed by atoms with Gasteiger partial charge in [0.15, 0.2) is 0 Å². The molecule has 6 rings (SSSR count). The summed E-state index contributed by atoms with van der Waals surface area (Å²) in [6.07, 6.45) is -4.89. The molecule has 0 aromatic heterocycles. The van der Waals surface area contributed by atoms with E-state index in [0.29, 0.717) is 0 Å². The van der Waals surface area contributed by atoms with Gasteiger partial charge in [-0.15, -0.1) is 0 Å². The Kier molecular flexibility index (Phi) is 4.89. The quantitative estimate of drug-likeness (QED) is 0.316. The van der Waals surface area contributed by atoms with Gasteiger partial charge in [-0.1, -0.05) is 0 Å². The van der Waals surface area contributed by atoms with Gasteiger partial charge in [-0.25, -0.2) is 0 Å². The predicted molar refractivity (Wildman–Crippen MR) is 137 cm³/mol. The van der Waals surface area contributed by atoms with E-state index in [-0.39, 0.29) is 12.8 Å². The van der Waals surface area contributed by atoms with E-state index in [9.17, 15) is 0 Å². The Bertz CT molecular complexity index is 1340. The van der Waals surface area contributed by atoms with E-state index in [0.717, 1.165) is 36.3 Å². The molecule has 0 fully saturated rings. The Labute approximate surface area is 205 Å². The van der Waals surface area contributed by atoms with Gasteiger partial charge < -0.3 is 0 Å². The Morgan fingerprint density at radius 2 is 1.03 bits per heavy atom. The first-order chi connectivity index (χ1) is 16.7. The average molecular weight is 581 g/mol. The molecule has 0 spiro atoms. The Balaban J connectivity index is 1.92. The second-order valence-corrected chi connectivity index (χ2v) is 22.0. The molecule has 2 aliphatic rings. The summed E-state index contributed by atoms with van der Waals surface area (Å²) in [5.41, 5.74) is 1.32. The minimum atomic E-state index is -5.48. The van der Waals surface area contributed by atoms with Crippen molar-refractivity contribution in [2.75, 3.05) is 0 Å². The molecule has 178 valence electrons. The van der Waals surface area contributed by atoms with Crippen molar-refractivity contribution in [1.82, 2.24) is 0 Å². The number of hydrogen-bond donors (Lipinski definition) is 0. The number of benzene rings is 4. The van der Waals surface area contributed by atoms with Gasteiger partial charge in [0, 0.05) is 0 Å². The first-order valence-corrected chi connectivity index (χ1v) is 18.0. The number of fused-ring (bicyclic) bond motifs is 6. The summed E-state index contributed by atoms with van der Waals surface area (Å²) in [5.74, 6) is 0. The predicted octanol–water partition coefficient (Wildman–Crippen LogP) is 4.56. The van der Waals surface area contributed by atoms with Crippen LogP contribution in [0.3, 0.4) is 0 Å². The number of halogens is 3. The number of aryl methyl sites for hydroxylation is 2. The van der Waals surface area contributed by atoms with Crippen molar-refractivity contribution in [2.45, 2.75) is 38.5 Å². The molecule has 2 heterocycles. The third-order valence-corrected chi connectivity index (χ3v) is 24.9. The van der Waals surface area contributed by atoms with E-state index in [4.69, 9.17) is 3.02 Å². The second-order valence-electron chi connectivity index (χ2n) is 9.90. The molecular formula is C30H26F3OSb. The van der Waals surface area contributed by atoms with Crippen molar-refractivity contribution < 1.29 is 16.2 Å². The number of rotatable bonds is 2. The van der Waals surface area contributed by atoms with Crippen molar-refractivity contribution in [1.29, 1.82) is 0 Å². The second kappa shape index (κ2) is 7.48. The van der Waals surface area contributed by atoms with Crippen LogP contribution in [0.2, 0.25) is 0 Å². The van der Waals surface area contributed by atoms with Gasteiger partial charge >= 0.3 is 206 Å². The summed E-state index contributed by atoms with van der Waals surface area (Å²) in [6, 6.07) is 31.5. The maximum absolute atomic E-state index is 15.2. The Morgan fingerprint density at radius 3 is 1.43 bits per heavy atom. The SMILES string of the molecule is Cc1cc[c]([Sb]23([c]4ccc(C)cc4)[O]C(C(F)(F)F)(Cc4cccc[c]42)Cc2cccc[c]23)cc1. The first-order valence-electron chi connectivity index (χ1n) is 11.8. The summed E-state index contributed by atoms with van der Waals surface area (Å²) < 4.78 is 56.3. The molecule has 2 aliphatic heterocycles. The monoisotopic (exact) mass is 580 g/mol. The zero-order chi connectivity index (χ0) is 24.5. The fourth-order valence-electron chi connectivity index (χ4n) is 6.19. The molecule has 0 atom stereocenters. The zero-order valence-corrected chi connectivity index (χ0v) is 22.2. The van der Waals surface area contributed by atoms with Crippen LogP contribution in [-0.4, -0.2) is 29.6 Å². The van der Waals surface area contributed by atoms with Gasteiger partial charge in [0.2, 0.25) is 0 Å². The van der Waals surface area contributed by atoms with Gasteiger partial charge in [-0.2, -0.15) is 0 Å². The van der Waals surface area contributed by atoms with Crippen LogP contribution in [-0.2, 0) is 15.9 Å². The van der Waals surface area contributed by atoms with E-state index < -0.39 is 29.6 Å². The fraction of sp³-hybridized carbons (Fsp3) is 0.200. The molecule has 35 heavy (non-hydrogen) atoms. The molecule has 1 nitrogen and oxygen atoms in total. The summed E-state index contributed by atoms with van der Waals surface area (Å²) in [6.45, 7) is 4.00. The van der Waals surface area contributed by atoms with E-state index in [2.05, 4.69) is 0 Å². The van der Waals surface area contributed by atoms with E-state index in [1.807, 2.05) is 111 Å². The van der Waals surface area contributed by atoms with Crippen LogP contribution < -0.4 is 14.0 Å². The molecule has 0 unspecified atom stereocenters. The molecule has 0 saturated carbocycles. The Hall–Kier alpha value is -2.55. The molecule has 0 radical (unpaired) electrons. The zero-order valence-electron chi connectivity index (χ0n) is 19.6. The van der Waals surface area contributed by atoms with Crippen molar-refractivity contribution in [2.24, 2.45) is 0 Å². The minimum absolute atomic E-state index is 0.180. The van der Waals surface area contributed by atoms with Crippen LogP contribution in [0.5, 0.6) is 0 Å². The van der Waals surface area contributed by atoms with Gasteiger partial charge in [-0.05, 0) is 0 Å². The van der Waals surface area contributed by atoms with Crippen molar-refractivity contribution in [3.05, 3.63) is 119 Å². The van der Waals surface area contributed by atoms with Crippen LogP contribution in [0.15, 0.2) is 97.1 Å². The summed E-state index contributed by atoms with van der Waals surface area (Å²) >= 11 is -5.48. The molecule has 4 aromatic rings. The summed E-state index contributed by atoms with van der Waals surface area (Å²) in [5, 5.41) is 0. The molecule has 0 N–H and O–H groups in total. The third kappa shape index (κ3) is 2.87. The normalized spacial score (nSPS) is 22.8. The van der Waals surface area contributed by atoms with Crippen LogP contribution in [0.25, 0.3) is 0 Å². The number of alkyl halides is 3. The average Bonchev–Trinajstić information content (AvgIpc) is 2.84. The van der Waals surface area contributed by atoms with Crippen LogP contribution in [0.1, 0.15) is 22.3 Å². The molecular weight excluding hydrogens is 555 g/mol. The van der Waals surface area contributed by atoms with Gasteiger partial charge in [0.25, 0.3) is 0 Å². The molecule has 0 saturated heterocycles. The van der Waals surface area contributed by atoms with Gasteiger partial charge in [0.05, 0.1) is 0 Å². The molecule has 4 aromatic carbocycles. The van der Waals surface area contributed by atoms with E-state index >= 15 is 13.2 Å². The molecule has 2 bridgehead atoms. The molecule has 5 heteroatoms. The van der Waals surface area contributed by atoms with Crippen LogP contribution in [0, 0.1) is 13.8 Å². The van der Waals surface area contributed by atoms with Crippen LogP contribution >= 0.6 is 0 Å². The fourth-order valence-corrected chi connectivity index (χ4v) is 25.0. The maximum atomic E-state index is 15.2. The molecule has 0 aliphatic carbocycles. The number of hydrogen-bond acceptors (Lipinski definition) is 1. The van der Waals surface area contributed by atoms with E-state index in [1.54, 1.807) is 0 Å². The third-order valence-electron chi connectivity index (χ3n) is 7.78. The van der Waals surface area contributed by atoms with Crippen molar-refractivity contribution >= 4 is 31.9 Å². The van der Waals surface area contributed by atoms with Gasteiger partial charge in [-0.3, -0.25) is 0 Å². The topological polar surface area (TPSA) is 9.23 Å².